The van der Waals surface area contributed by atoms with Crippen molar-refractivity contribution in [3.05, 3.63) is 65.7 Å². The Balaban J connectivity index is 2.10. The maximum atomic E-state index is 8.89. The maximum Gasteiger partial charge on any atom is 0.569 e. The summed E-state index contributed by atoms with van der Waals surface area (Å²) in [4.78, 5) is 0. The summed E-state index contributed by atoms with van der Waals surface area (Å²) in [6.07, 6.45) is 0. The number of rotatable bonds is 2. The minimum absolute atomic E-state index is 0.113. The summed E-state index contributed by atoms with van der Waals surface area (Å²) in [5.74, 6) is 0.654. The van der Waals surface area contributed by atoms with Crippen LogP contribution in [0, 0.1) is 0 Å². The third kappa shape index (κ3) is 1.72. The molecule has 0 aliphatic heterocycles. The standard InChI is InChI=1S/C19H16BO2/c1-19(2)16-8-4-6-12-5-3-7-15(18(12)16)14-10-9-13(22-20-21)11-17(14)19/h3-11,21H,1-2H3. The molecule has 0 saturated carbocycles. The van der Waals surface area contributed by atoms with Crippen LogP contribution in [-0.4, -0.2) is 12.7 Å². The van der Waals surface area contributed by atoms with E-state index in [4.69, 9.17) is 9.68 Å². The zero-order chi connectivity index (χ0) is 15.3. The smallest absolute Gasteiger partial charge is 0.537 e. The van der Waals surface area contributed by atoms with Crippen LogP contribution in [-0.2, 0) is 5.41 Å². The van der Waals surface area contributed by atoms with E-state index in [2.05, 4.69) is 56.3 Å². The van der Waals surface area contributed by atoms with Crippen LogP contribution in [0.15, 0.2) is 54.6 Å². The molecular formula is C19H16BO2. The van der Waals surface area contributed by atoms with Crippen molar-refractivity contribution in [1.29, 1.82) is 0 Å². The number of benzene rings is 3. The highest BCUT2D eigenvalue weighted by Gasteiger charge is 2.33. The summed E-state index contributed by atoms with van der Waals surface area (Å²) < 4.78 is 5.16. The SMILES string of the molecule is CC1(C)c2cc(O[B]O)ccc2-c2cccc3cccc1c23. The van der Waals surface area contributed by atoms with Crippen LogP contribution in [0.3, 0.4) is 0 Å². The maximum absolute atomic E-state index is 8.89. The van der Waals surface area contributed by atoms with E-state index in [0.29, 0.717) is 5.75 Å². The molecule has 0 spiro atoms. The van der Waals surface area contributed by atoms with Gasteiger partial charge in [0, 0.05) is 5.41 Å². The minimum atomic E-state index is -0.113. The zero-order valence-electron chi connectivity index (χ0n) is 12.6. The normalized spacial score (nSPS) is 14.5. The van der Waals surface area contributed by atoms with Gasteiger partial charge >= 0.3 is 7.69 Å². The van der Waals surface area contributed by atoms with Crippen molar-refractivity contribution < 1.29 is 9.68 Å². The fraction of sp³-hybridized carbons (Fsp3) is 0.158. The zero-order valence-corrected chi connectivity index (χ0v) is 12.6. The molecule has 1 N–H and O–H groups in total. The van der Waals surface area contributed by atoms with Gasteiger partial charge in [-0.3, -0.25) is 0 Å². The molecule has 3 aromatic rings. The number of fused-ring (bicyclic) bond motifs is 2. The molecule has 0 atom stereocenters. The second kappa shape index (κ2) is 4.62. The van der Waals surface area contributed by atoms with Crippen LogP contribution in [0.2, 0.25) is 0 Å². The van der Waals surface area contributed by atoms with Crippen LogP contribution >= 0.6 is 0 Å². The van der Waals surface area contributed by atoms with E-state index in [1.807, 2.05) is 12.1 Å². The molecule has 0 aromatic heterocycles. The summed E-state index contributed by atoms with van der Waals surface area (Å²) >= 11 is 0. The molecule has 0 fully saturated rings. The van der Waals surface area contributed by atoms with Gasteiger partial charge in [-0.2, -0.15) is 0 Å². The molecule has 0 amide bonds. The first-order valence-corrected chi connectivity index (χ1v) is 7.42. The Morgan fingerprint density at radius 3 is 2.45 bits per heavy atom. The highest BCUT2D eigenvalue weighted by Crippen LogP contribution is 2.49. The molecule has 1 radical (unpaired) electrons. The lowest BCUT2D eigenvalue weighted by Gasteiger charge is -2.35. The number of hydrogen-bond donors (Lipinski definition) is 1. The van der Waals surface area contributed by atoms with Crippen LogP contribution in [0.4, 0.5) is 0 Å². The summed E-state index contributed by atoms with van der Waals surface area (Å²) in [6.45, 7) is 4.48. The Hall–Kier alpha value is -2.26. The Bertz CT molecular complexity index is 878. The fourth-order valence-electron chi connectivity index (χ4n) is 3.64. The van der Waals surface area contributed by atoms with E-state index in [1.54, 1.807) is 0 Å². The van der Waals surface area contributed by atoms with Gasteiger partial charge in [0.15, 0.2) is 0 Å². The minimum Gasteiger partial charge on any atom is -0.537 e. The molecule has 1 aliphatic rings. The molecule has 0 heterocycles. The van der Waals surface area contributed by atoms with E-state index >= 15 is 0 Å². The Kier molecular flexibility index (Phi) is 2.82. The molecule has 3 aromatic carbocycles. The average Bonchev–Trinajstić information content (AvgIpc) is 2.53. The van der Waals surface area contributed by atoms with Crippen molar-refractivity contribution in [2.24, 2.45) is 0 Å². The summed E-state index contributed by atoms with van der Waals surface area (Å²) in [5, 5.41) is 11.5. The first kappa shape index (κ1) is 13.4. The summed E-state index contributed by atoms with van der Waals surface area (Å²) in [6, 6.07) is 19.0. The van der Waals surface area contributed by atoms with E-state index in [-0.39, 0.29) is 5.41 Å². The van der Waals surface area contributed by atoms with Crippen molar-refractivity contribution in [3.8, 4) is 16.9 Å². The van der Waals surface area contributed by atoms with Gasteiger partial charge in [0.25, 0.3) is 0 Å². The second-order valence-electron chi connectivity index (χ2n) is 6.26. The van der Waals surface area contributed by atoms with Crippen molar-refractivity contribution in [3.63, 3.8) is 0 Å². The molecular weight excluding hydrogens is 271 g/mol. The van der Waals surface area contributed by atoms with Crippen molar-refractivity contribution in [2.45, 2.75) is 19.3 Å². The highest BCUT2D eigenvalue weighted by atomic mass is 16.5. The molecule has 22 heavy (non-hydrogen) atoms. The number of hydrogen-bond acceptors (Lipinski definition) is 2. The molecule has 0 unspecified atom stereocenters. The van der Waals surface area contributed by atoms with Crippen molar-refractivity contribution in [1.82, 2.24) is 0 Å². The van der Waals surface area contributed by atoms with Crippen LogP contribution < -0.4 is 4.65 Å². The van der Waals surface area contributed by atoms with Gasteiger partial charge in [-0.15, -0.1) is 0 Å². The Labute approximate surface area is 130 Å². The molecule has 1 aliphatic carbocycles. The van der Waals surface area contributed by atoms with E-state index < -0.39 is 0 Å². The van der Waals surface area contributed by atoms with E-state index in [1.165, 1.54) is 33.0 Å². The highest BCUT2D eigenvalue weighted by molar-refractivity contribution is 6.17. The summed E-state index contributed by atoms with van der Waals surface area (Å²) in [5.41, 5.74) is 4.94. The molecule has 2 nitrogen and oxygen atoms in total. The lowest BCUT2D eigenvalue weighted by molar-refractivity contribution is 0.452. The molecule has 107 valence electrons. The second-order valence-corrected chi connectivity index (χ2v) is 6.26. The molecule has 0 bridgehead atoms. The lowest BCUT2D eigenvalue weighted by Crippen LogP contribution is -2.23. The van der Waals surface area contributed by atoms with E-state index in [0.717, 1.165) is 7.69 Å². The molecule has 4 rings (SSSR count). The monoisotopic (exact) mass is 287 g/mol. The van der Waals surface area contributed by atoms with Crippen LogP contribution in [0.5, 0.6) is 5.75 Å². The van der Waals surface area contributed by atoms with Gasteiger partial charge in [-0.25, -0.2) is 0 Å². The van der Waals surface area contributed by atoms with Crippen molar-refractivity contribution >= 4 is 18.5 Å². The predicted octanol–water partition coefficient (Wildman–Crippen LogP) is 4.05. The third-order valence-corrected chi connectivity index (χ3v) is 4.72. The predicted molar refractivity (Wildman–Crippen MR) is 90.1 cm³/mol. The molecule has 3 heteroatoms. The Morgan fingerprint density at radius 2 is 1.68 bits per heavy atom. The van der Waals surface area contributed by atoms with Gasteiger partial charge < -0.3 is 9.68 Å². The van der Waals surface area contributed by atoms with Gasteiger partial charge in [0.2, 0.25) is 0 Å². The first-order valence-electron chi connectivity index (χ1n) is 7.42. The van der Waals surface area contributed by atoms with Gasteiger partial charge in [-0.05, 0) is 45.2 Å². The Morgan fingerprint density at radius 1 is 0.909 bits per heavy atom. The van der Waals surface area contributed by atoms with Gasteiger partial charge in [0.1, 0.15) is 5.75 Å². The topological polar surface area (TPSA) is 29.5 Å². The molecule has 0 saturated heterocycles. The van der Waals surface area contributed by atoms with Gasteiger partial charge in [-0.1, -0.05) is 56.3 Å². The van der Waals surface area contributed by atoms with Crippen LogP contribution in [0.1, 0.15) is 25.0 Å². The largest absolute Gasteiger partial charge is 0.569 e. The van der Waals surface area contributed by atoms with Crippen molar-refractivity contribution in [2.75, 3.05) is 0 Å². The van der Waals surface area contributed by atoms with E-state index in [9.17, 15) is 0 Å². The lowest BCUT2D eigenvalue weighted by atomic mass is 9.68. The summed E-state index contributed by atoms with van der Waals surface area (Å²) in [7, 11) is 0.728. The average molecular weight is 287 g/mol. The van der Waals surface area contributed by atoms with Crippen LogP contribution in [0.25, 0.3) is 21.9 Å². The fourth-order valence-corrected chi connectivity index (χ4v) is 3.64. The van der Waals surface area contributed by atoms with Gasteiger partial charge in [0.05, 0.1) is 0 Å². The third-order valence-electron chi connectivity index (χ3n) is 4.72. The quantitative estimate of drug-likeness (QED) is 0.720. The first-order chi connectivity index (χ1) is 10.6.